The van der Waals surface area contributed by atoms with E-state index in [4.69, 9.17) is 17.7 Å². The van der Waals surface area contributed by atoms with Crippen LogP contribution in [0.4, 0.5) is 0 Å². The first-order valence-electron chi connectivity index (χ1n) is 40.6. The van der Waals surface area contributed by atoms with Crippen LogP contribution in [0.3, 0.4) is 0 Å². The Hall–Kier alpha value is -13.8. The molecule has 0 amide bonds. The first kappa shape index (κ1) is 63.9. The second kappa shape index (κ2) is 24.4. The molecule has 26 rings (SSSR count). The molecule has 114 heavy (non-hydrogen) atoms. The largest absolute Gasteiger partial charge is 0.456 e. The second-order valence-corrected chi connectivity index (χ2v) is 32.4. The Balaban J connectivity index is 0.000000129. The molecule has 0 atom stereocenters. The fourth-order valence-electron chi connectivity index (χ4n) is 22.2. The van der Waals surface area contributed by atoms with E-state index in [9.17, 15) is 0 Å². The van der Waals surface area contributed by atoms with Gasteiger partial charge in [-0.25, -0.2) is 0 Å². The van der Waals surface area contributed by atoms with Crippen LogP contribution in [0.1, 0.15) is 73.6 Å². The summed E-state index contributed by atoms with van der Waals surface area (Å²) in [7, 11) is 0. The first-order chi connectivity index (χ1) is 56.5. The van der Waals surface area contributed by atoms with Crippen LogP contribution in [0.25, 0.3) is 220 Å². The minimum absolute atomic E-state index is 0.00876. The molecule has 4 heteroatoms. The van der Waals surface area contributed by atoms with Gasteiger partial charge in [-0.05, 0) is 253 Å². The van der Waals surface area contributed by atoms with Crippen LogP contribution in [-0.2, 0) is 10.8 Å². The molecule has 4 aromatic heterocycles. The number of fused-ring (bicyclic) bond motifs is 26. The van der Waals surface area contributed by atoms with Gasteiger partial charge in [-0.3, -0.25) is 0 Å². The van der Waals surface area contributed by atoms with E-state index in [0.717, 1.165) is 87.8 Å². The monoisotopic (exact) mass is 1460 g/mol. The van der Waals surface area contributed by atoms with Gasteiger partial charge in [-0.2, -0.15) is 0 Å². The van der Waals surface area contributed by atoms with Gasteiger partial charge in [0, 0.05) is 53.9 Å². The van der Waals surface area contributed by atoms with Crippen molar-refractivity contribution in [2.24, 2.45) is 0 Å². The highest BCUT2D eigenvalue weighted by Crippen LogP contribution is 2.63. The number of hydrogen-bond acceptors (Lipinski definition) is 4. The molecular formula is C110H72O4. The molecule has 18 aromatic carbocycles. The topological polar surface area (TPSA) is 52.6 Å². The molecule has 0 N–H and O–H groups in total. The molecule has 2 saturated carbocycles. The number of benzene rings is 18. The lowest BCUT2D eigenvalue weighted by atomic mass is 9.73. The lowest BCUT2D eigenvalue weighted by Crippen LogP contribution is -2.21. The molecule has 22 aromatic rings. The van der Waals surface area contributed by atoms with Crippen molar-refractivity contribution in [1.29, 1.82) is 0 Å². The summed E-state index contributed by atoms with van der Waals surface area (Å²) in [6, 6.07) is 125. The second-order valence-electron chi connectivity index (χ2n) is 32.4. The minimum Gasteiger partial charge on any atom is -0.456 e. The van der Waals surface area contributed by atoms with E-state index in [0.29, 0.717) is 0 Å². The first-order valence-corrected chi connectivity index (χ1v) is 40.6. The normalized spacial score (nSPS) is 14.5. The van der Waals surface area contributed by atoms with Gasteiger partial charge in [0.2, 0.25) is 0 Å². The van der Waals surface area contributed by atoms with Crippen LogP contribution in [0, 0.1) is 0 Å². The van der Waals surface area contributed by atoms with Gasteiger partial charge in [0.15, 0.2) is 0 Å². The van der Waals surface area contributed by atoms with Gasteiger partial charge in [-0.15, -0.1) is 0 Å². The van der Waals surface area contributed by atoms with Crippen molar-refractivity contribution in [2.45, 2.75) is 62.2 Å². The lowest BCUT2D eigenvalue weighted by molar-refractivity contribution is 0.551. The van der Waals surface area contributed by atoms with E-state index in [2.05, 4.69) is 328 Å². The van der Waals surface area contributed by atoms with Crippen LogP contribution in [0.15, 0.2) is 357 Å². The average molecular weight is 1460 g/mol. The van der Waals surface area contributed by atoms with Crippen molar-refractivity contribution >= 4 is 131 Å². The molecular weight excluding hydrogens is 1390 g/mol. The third kappa shape index (κ3) is 9.05. The summed E-state index contributed by atoms with van der Waals surface area (Å²) in [6.45, 7) is 0. The Morgan fingerprint density at radius 2 is 0.456 bits per heavy atom. The molecule has 0 aliphatic heterocycles. The number of rotatable bonds is 6. The van der Waals surface area contributed by atoms with Gasteiger partial charge in [0.05, 0.1) is 0 Å². The average Bonchev–Trinajstić information content (AvgIpc) is 1.48. The number of para-hydroxylation sites is 4. The van der Waals surface area contributed by atoms with E-state index in [1.54, 1.807) is 0 Å². The van der Waals surface area contributed by atoms with Crippen molar-refractivity contribution in [3.05, 3.63) is 362 Å². The molecule has 0 saturated heterocycles. The Labute approximate surface area is 657 Å². The van der Waals surface area contributed by atoms with Crippen LogP contribution >= 0.6 is 0 Å². The summed E-state index contributed by atoms with van der Waals surface area (Å²) in [5.74, 6) is 0. The smallest absolute Gasteiger partial charge is 0.136 e. The molecule has 2 spiro atoms. The summed E-state index contributed by atoms with van der Waals surface area (Å²) in [4.78, 5) is 0. The quantitative estimate of drug-likeness (QED) is 0.156. The summed E-state index contributed by atoms with van der Waals surface area (Å²) in [6.07, 6.45) is 9.73. The third-order valence-corrected chi connectivity index (χ3v) is 26.8. The van der Waals surface area contributed by atoms with Crippen molar-refractivity contribution in [1.82, 2.24) is 0 Å². The Morgan fingerprint density at radius 3 is 0.886 bits per heavy atom. The maximum atomic E-state index is 6.46. The maximum Gasteiger partial charge on any atom is 0.136 e. The summed E-state index contributed by atoms with van der Waals surface area (Å²) in [5.41, 5.74) is 34.0. The number of hydrogen-bond donors (Lipinski definition) is 0. The number of furan rings is 4. The summed E-state index contributed by atoms with van der Waals surface area (Å²) in [5, 5.41) is 19.3. The van der Waals surface area contributed by atoms with Gasteiger partial charge in [0.25, 0.3) is 0 Å². The van der Waals surface area contributed by atoms with E-state index >= 15 is 0 Å². The molecule has 2 fully saturated rings. The highest BCUT2D eigenvalue weighted by atomic mass is 16.3. The van der Waals surface area contributed by atoms with Crippen molar-refractivity contribution in [2.75, 3.05) is 0 Å². The fraction of sp³-hybridized carbons (Fsp3) is 0.0909. The fourth-order valence-corrected chi connectivity index (χ4v) is 22.2. The SMILES string of the molecule is c1ccc2c(c1)-c1cccc(-c3c4cccc(-c5ccc6oc7ccccc7c6c5)c4cc4c(-c5ccc6oc7ccccc7c6c5)cccc34)c1C21CCCC1.c1ccc2c(c1)-c1cccc(-c3c4cccc(-c5cccc6oc7ccccc7c56)c4cc4c(-c5cccc6oc7ccccc7c56)cccc34)c1C21CCCC1. The van der Waals surface area contributed by atoms with Gasteiger partial charge in [-0.1, -0.05) is 293 Å². The third-order valence-electron chi connectivity index (χ3n) is 26.8. The van der Waals surface area contributed by atoms with E-state index in [1.807, 2.05) is 12.1 Å². The van der Waals surface area contributed by atoms with Crippen LogP contribution in [0.2, 0.25) is 0 Å². The van der Waals surface area contributed by atoms with Crippen molar-refractivity contribution in [3.63, 3.8) is 0 Å². The van der Waals surface area contributed by atoms with Crippen molar-refractivity contribution in [3.8, 4) is 89.0 Å². The zero-order chi connectivity index (χ0) is 74.5. The standard InChI is InChI=1S/2C55H36O2/c1-4-25-46-35(14-1)40-23-11-24-43(54(40)55(46)30-7-8-31-55)51-38-19-9-17-33(36-21-12-28-49-52(36)41-15-2-5-26-47(41)56-49)44(38)32-45-34(18-10-20-39(45)51)37-22-13-29-50-53(37)42-16-3-6-27-48(42)57-50;1-4-21-48-37(12-1)42-19-11-20-43(54(42)55(48)28-7-8-29-55)53-40-17-9-15-35(33-24-26-51-46(30-33)38-13-2-5-22-49(38)56-51)44(40)32-45-36(16-10-18-41(45)53)34-25-27-52-47(31-34)39-14-3-6-23-50(39)57-52/h1-6,9-29,32H,7-8,30-31H2;1-6,9-27,30-32H,7-8,28-29H2. The molecule has 0 unspecified atom stereocenters. The highest BCUT2D eigenvalue weighted by Gasteiger charge is 2.48. The van der Waals surface area contributed by atoms with Crippen molar-refractivity contribution < 1.29 is 17.7 Å². The molecule has 0 bridgehead atoms. The van der Waals surface area contributed by atoms with Crippen LogP contribution < -0.4 is 0 Å². The lowest BCUT2D eigenvalue weighted by Gasteiger charge is -2.30. The molecule has 4 nitrogen and oxygen atoms in total. The predicted octanol–water partition coefficient (Wildman–Crippen LogP) is 31.3. The zero-order valence-corrected chi connectivity index (χ0v) is 62.6. The van der Waals surface area contributed by atoms with Gasteiger partial charge >= 0.3 is 0 Å². The summed E-state index contributed by atoms with van der Waals surface area (Å²) < 4.78 is 25.5. The Bertz CT molecular complexity index is 7540. The predicted molar refractivity (Wildman–Crippen MR) is 474 cm³/mol. The minimum atomic E-state index is 0.00876. The summed E-state index contributed by atoms with van der Waals surface area (Å²) >= 11 is 0. The molecule has 4 aliphatic carbocycles. The molecule has 4 heterocycles. The molecule has 0 radical (unpaired) electrons. The Kier molecular flexibility index (Phi) is 13.7. The van der Waals surface area contributed by atoms with Crippen LogP contribution in [-0.4, -0.2) is 0 Å². The van der Waals surface area contributed by atoms with E-state index < -0.39 is 0 Å². The van der Waals surface area contributed by atoms with Crippen LogP contribution in [0.5, 0.6) is 0 Å². The highest BCUT2D eigenvalue weighted by molar-refractivity contribution is 6.26. The Morgan fingerprint density at radius 1 is 0.175 bits per heavy atom. The van der Waals surface area contributed by atoms with E-state index in [-0.39, 0.29) is 10.8 Å². The maximum absolute atomic E-state index is 6.46. The van der Waals surface area contributed by atoms with Gasteiger partial charge in [0.1, 0.15) is 44.7 Å². The molecule has 536 valence electrons. The van der Waals surface area contributed by atoms with Gasteiger partial charge < -0.3 is 17.7 Å². The zero-order valence-electron chi connectivity index (χ0n) is 62.6. The molecule has 4 aliphatic rings. The van der Waals surface area contributed by atoms with E-state index in [1.165, 1.54) is 206 Å².